The van der Waals surface area contributed by atoms with Crippen molar-refractivity contribution in [2.24, 2.45) is 4.99 Å². The number of ether oxygens (including phenoxy) is 1. The fraction of sp³-hybridized carbons (Fsp3) is 0.0385. The summed E-state index contributed by atoms with van der Waals surface area (Å²) in [5.74, 6) is 0.0335. The normalized spacial score (nSPS) is 16.5. The van der Waals surface area contributed by atoms with E-state index in [0.29, 0.717) is 17.5 Å². The van der Waals surface area contributed by atoms with Crippen molar-refractivity contribution in [1.29, 1.82) is 5.41 Å². The molecule has 2 heterocycles. The fourth-order valence-electron chi connectivity index (χ4n) is 3.49. The first kappa shape index (κ1) is 20.9. The lowest BCUT2D eigenvalue weighted by molar-refractivity contribution is -0.114. The van der Waals surface area contributed by atoms with Crippen molar-refractivity contribution in [2.45, 2.75) is 6.61 Å². The molecule has 5 nitrogen and oxygen atoms in total. The van der Waals surface area contributed by atoms with Gasteiger partial charge in [0.2, 0.25) is 0 Å². The first-order valence-corrected chi connectivity index (χ1v) is 11.1. The van der Waals surface area contributed by atoms with Crippen LogP contribution in [0.5, 0.6) is 5.75 Å². The lowest BCUT2D eigenvalue weighted by atomic mass is 10.1. The molecule has 0 atom stereocenters. The quantitative estimate of drug-likeness (QED) is 0.501. The van der Waals surface area contributed by atoms with Gasteiger partial charge in [-0.3, -0.25) is 15.1 Å². The molecule has 0 radical (unpaired) electrons. The van der Waals surface area contributed by atoms with Crippen molar-refractivity contribution in [3.05, 3.63) is 112 Å². The van der Waals surface area contributed by atoms with Crippen molar-refractivity contribution in [1.82, 2.24) is 4.90 Å². The molecule has 1 amide bonds. The second kappa shape index (κ2) is 8.88. The van der Waals surface area contributed by atoms with E-state index in [1.807, 2.05) is 47.9 Å². The Bertz CT molecular complexity index is 1310. The summed E-state index contributed by atoms with van der Waals surface area (Å²) in [5, 5.41) is 11.1. The highest BCUT2D eigenvalue weighted by atomic mass is 32.2. The zero-order valence-electron chi connectivity index (χ0n) is 17.4. The second-order valence-corrected chi connectivity index (χ2v) is 8.25. The number of fused-ring (bicyclic) bond motifs is 1. The summed E-state index contributed by atoms with van der Waals surface area (Å²) in [6.45, 7) is 0.322. The number of rotatable bonds is 5. The number of nitrogens with zero attached hydrogens (tertiary/aromatic N) is 2. The fourth-order valence-corrected chi connectivity index (χ4v) is 4.38. The predicted octanol–water partition coefficient (Wildman–Crippen LogP) is 5.71. The molecule has 0 fully saturated rings. The van der Waals surface area contributed by atoms with Gasteiger partial charge in [-0.2, -0.15) is 4.99 Å². The Morgan fingerprint density at radius 1 is 1.00 bits per heavy atom. The first-order valence-electron chi connectivity index (χ1n) is 10.2. The summed E-state index contributed by atoms with van der Waals surface area (Å²) >= 11 is 1.34. The summed E-state index contributed by atoms with van der Waals surface area (Å²) in [7, 11) is 0. The first-order chi connectivity index (χ1) is 16.1. The molecule has 2 aliphatic heterocycles. The van der Waals surface area contributed by atoms with Crippen LogP contribution < -0.4 is 4.74 Å². The molecular weight excluding hydrogens is 437 g/mol. The number of amidine groups is 2. The lowest BCUT2D eigenvalue weighted by Gasteiger charge is -2.26. The zero-order chi connectivity index (χ0) is 22.8. The molecule has 0 aromatic heterocycles. The van der Waals surface area contributed by atoms with Gasteiger partial charge in [-0.25, -0.2) is 4.39 Å². The molecule has 7 heteroatoms. The predicted molar refractivity (Wildman–Crippen MR) is 129 cm³/mol. The minimum Gasteiger partial charge on any atom is -0.489 e. The molecule has 5 rings (SSSR count). The van der Waals surface area contributed by atoms with Crippen LogP contribution in [0.2, 0.25) is 0 Å². The molecule has 2 aliphatic rings. The molecular formula is C26H18FN3O2S. The van der Waals surface area contributed by atoms with Crippen LogP contribution >= 0.6 is 11.8 Å². The number of thioether (sulfide) groups is 1. The molecule has 0 unspecified atom stereocenters. The average molecular weight is 456 g/mol. The van der Waals surface area contributed by atoms with Crippen molar-refractivity contribution in [3.63, 3.8) is 0 Å². The topological polar surface area (TPSA) is 65.8 Å². The third-order valence-electron chi connectivity index (χ3n) is 5.19. The van der Waals surface area contributed by atoms with Gasteiger partial charge in [-0.15, -0.1) is 0 Å². The Morgan fingerprint density at radius 3 is 2.45 bits per heavy atom. The Morgan fingerprint density at radius 2 is 1.73 bits per heavy atom. The maximum absolute atomic E-state index is 13.0. The maximum Gasteiger partial charge on any atom is 0.283 e. The second-order valence-electron chi connectivity index (χ2n) is 7.41. The molecule has 0 saturated heterocycles. The van der Waals surface area contributed by atoms with Crippen molar-refractivity contribution in [2.75, 3.05) is 0 Å². The van der Waals surface area contributed by atoms with E-state index in [9.17, 15) is 9.18 Å². The number of halogens is 1. The summed E-state index contributed by atoms with van der Waals surface area (Å²) in [5.41, 5.74) is 3.63. The van der Waals surface area contributed by atoms with E-state index < -0.39 is 5.91 Å². The van der Waals surface area contributed by atoms with Gasteiger partial charge in [0, 0.05) is 5.41 Å². The third kappa shape index (κ3) is 4.36. The summed E-state index contributed by atoms with van der Waals surface area (Å²) in [6, 6.07) is 23.1. The van der Waals surface area contributed by atoms with Gasteiger partial charge in [0.15, 0.2) is 5.17 Å². The molecule has 162 valence electrons. The Balaban J connectivity index is 1.33. The van der Waals surface area contributed by atoms with Gasteiger partial charge in [0.1, 0.15) is 24.0 Å². The molecule has 33 heavy (non-hydrogen) atoms. The van der Waals surface area contributed by atoms with Crippen LogP contribution in [0.1, 0.15) is 16.7 Å². The molecule has 0 spiro atoms. The van der Waals surface area contributed by atoms with E-state index in [4.69, 9.17) is 10.1 Å². The van der Waals surface area contributed by atoms with Crippen molar-refractivity contribution < 1.29 is 13.9 Å². The van der Waals surface area contributed by atoms with Crippen LogP contribution in [0.15, 0.2) is 94.8 Å². The van der Waals surface area contributed by atoms with E-state index in [1.54, 1.807) is 35.2 Å². The Labute approximate surface area is 194 Å². The molecule has 0 aliphatic carbocycles. The molecule has 1 N–H and O–H groups in total. The lowest BCUT2D eigenvalue weighted by Crippen LogP contribution is -2.37. The molecule has 0 bridgehead atoms. The number of nitrogens with one attached hydrogen (secondary N) is 1. The summed E-state index contributed by atoms with van der Waals surface area (Å²) < 4.78 is 18.8. The number of hydrogen-bond acceptors (Lipinski definition) is 4. The minimum absolute atomic E-state index is 0.0988. The van der Waals surface area contributed by atoms with Crippen LogP contribution in [-0.4, -0.2) is 21.8 Å². The molecule has 3 aromatic rings. The Hall–Kier alpha value is -3.97. The van der Waals surface area contributed by atoms with E-state index in [1.165, 1.54) is 23.9 Å². The van der Waals surface area contributed by atoms with Crippen LogP contribution in [-0.2, 0) is 11.4 Å². The minimum atomic E-state index is -0.432. The molecule has 3 aromatic carbocycles. The average Bonchev–Trinajstić information content (AvgIpc) is 3.26. The van der Waals surface area contributed by atoms with Crippen LogP contribution in [0.4, 0.5) is 4.39 Å². The number of benzene rings is 3. The number of amides is 1. The van der Waals surface area contributed by atoms with E-state index in [0.717, 1.165) is 22.4 Å². The van der Waals surface area contributed by atoms with Gasteiger partial charge in [0.25, 0.3) is 5.91 Å². The monoisotopic (exact) mass is 455 g/mol. The standard InChI is InChI=1S/C26H18FN3O2S/c27-20-10-6-18(7-11-20)15-32-21-12-8-17(9-13-21)14-22-24(28)30-23(19-4-2-1-3-5-19)16-33-26(30)29-25(22)31/h1-14,16,28H,15H2. The van der Waals surface area contributed by atoms with Crippen LogP contribution in [0, 0.1) is 11.2 Å². The van der Waals surface area contributed by atoms with Crippen molar-refractivity contribution >= 4 is 40.4 Å². The number of carbonyl (C=O) groups is 1. The smallest absolute Gasteiger partial charge is 0.283 e. The van der Waals surface area contributed by atoms with E-state index in [-0.39, 0.29) is 17.2 Å². The summed E-state index contributed by atoms with van der Waals surface area (Å²) in [4.78, 5) is 18.5. The van der Waals surface area contributed by atoms with Gasteiger partial charge >= 0.3 is 0 Å². The molecule has 0 saturated carbocycles. The summed E-state index contributed by atoms with van der Waals surface area (Å²) in [6.07, 6.45) is 1.67. The highest BCUT2D eigenvalue weighted by Crippen LogP contribution is 2.37. The SMILES string of the molecule is N=C1C(=Cc2ccc(OCc3ccc(F)cc3)cc2)C(=O)N=C2SC=C(c3ccccc3)N12. The third-order valence-corrected chi connectivity index (χ3v) is 6.02. The number of aliphatic imine (C=N–C) groups is 1. The van der Waals surface area contributed by atoms with Gasteiger partial charge in [0.05, 0.1) is 11.3 Å². The largest absolute Gasteiger partial charge is 0.489 e. The van der Waals surface area contributed by atoms with Crippen LogP contribution in [0.3, 0.4) is 0 Å². The van der Waals surface area contributed by atoms with Gasteiger partial charge in [-0.1, -0.05) is 66.4 Å². The van der Waals surface area contributed by atoms with Gasteiger partial charge < -0.3 is 4.74 Å². The van der Waals surface area contributed by atoms with Gasteiger partial charge in [-0.05, 0) is 47.0 Å². The van der Waals surface area contributed by atoms with Crippen molar-refractivity contribution in [3.8, 4) is 5.75 Å². The van der Waals surface area contributed by atoms with E-state index in [2.05, 4.69) is 4.99 Å². The highest BCUT2D eigenvalue weighted by molar-refractivity contribution is 8.17. The maximum atomic E-state index is 13.0. The Kier molecular flexibility index (Phi) is 5.62. The highest BCUT2D eigenvalue weighted by Gasteiger charge is 2.36. The van der Waals surface area contributed by atoms with E-state index >= 15 is 0 Å². The van der Waals surface area contributed by atoms with Crippen LogP contribution in [0.25, 0.3) is 11.8 Å². The zero-order valence-corrected chi connectivity index (χ0v) is 18.2. The number of carbonyl (C=O) groups excluding carboxylic acids is 1. The number of hydrogen-bond donors (Lipinski definition) is 1.